The van der Waals surface area contributed by atoms with E-state index in [2.05, 4.69) is 11.1 Å². The Labute approximate surface area is 93.2 Å². The fraction of sp³-hybridized carbons (Fsp3) is 0.250. The molecule has 1 atom stereocenters. The quantitative estimate of drug-likeness (QED) is 0.842. The maximum atomic E-state index is 10.2. The third-order valence-electron chi connectivity index (χ3n) is 2.45. The van der Waals surface area contributed by atoms with E-state index in [1.165, 1.54) is 16.9 Å². The molecular weight excluding hydrogens is 206 g/mol. The summed E-state index contributed by atoms with van der Waals surface area (Å²) in [4.78, 5) is 4.87. The van der Waals surface area contributed by atoms with Crippen molar-refractivity contribution >= 4 is 11.3 Å². The van der Waals surface area contributed by atoms with Gasteiger partial charge >= 0.3 is 0 Å². The van der Waals surface area contributed by atoms with Gasteiger partial charge in [-0.3, -0.25) is 4.98 Å². The first-order valence-corrected chi connectivity index (χ1v) is 5.70. The number of hydrogen-bond donors (Lipinski definition) is 1. The van der Waals surface area contributed by atoms with Crippen molar-refractivity contribution in [3.05, 3.63) is 51.5 Å². The number of aryl methyl sites for hydroxylation is 2. The summed E-state index contributed by atoms with van der Waals surface area (Å²) < 4.78 is 0. The molecule has 0 fully saturated rings. The summed E-state index contributed by atoms with van der Waals surface area (Å²) in [5, 5.41) is 10.2. The van der Waals surface area contributed by atoms with E-state index in [4.69, 9.17) is 0 Å². The minimum atomic E-state index is -0.544. The fourth-order valence-electron chi connectivity index (χ4n) is 1.57. The van der Waals surface area contributed by atoms with Crippen LogP contribution in [-0.4, -0.2) is 10.1 Å². The van der Waals surface area contributed by atoms with Gasteiger partial charge in [0, 0.05) is 6.20 Å². The molecule has 1 unspecified atom stereocenters. The summed E-state index contributed by atoms with van der Waals surface area (Å²) in [5.41, 5.74) is 4.99. The van der Waals surface area contributed by atoms with Gasteiger partial charge in [0.25, 0.3) is 0 Å². The predicted molar refractivity (Wildman–Crippen MR) is 62.1 cm³/mol. The Balaban J connectivity index is 2.41. The highest BCUT2D eigenvalue weighted by molar-refractivity contribution is 7.09. The zero-order valence-electron chi connectivity index (χ0n) is 8.77. The lowest BCUT2D eigenvalue weighted by atomic mass is 10.0. The van der Waals surface area contributed by atoms with Crippen molar-refractivity contribution in [1.82, 2.24) is 4.98 Å². The number of aliphatic hydroxyl groups excluding tert-OH is 1. The minimum absolute atomic E-state index is 0.544. The van der Waals surface area contributed by atoms with Crippen molar-refractivity contribution in [2.45, 2.75) is 20.0 Å². The molecule has 2 aromatic rings. The van der Waals surface area contributed by atoms with Crippen molar-refractivity contribution in [1.29, 1.82) is 0 Å². The molecule has 1 aromatic carbocycles. The average Bonchev–Trinajstić information content (AvgIpc) is 2.74. The molecule has 0 aliphatic heterocycles. The highest BCUT2D eigenvalue weighted by Gasteiger charge is 2.14. The molecule has 0 saturated carbocycles. The lowest BCUT2D eigenvalue weighted by Gasteiger charge is -2.12. The molecule has 15 heavy (non-hydrogen) atoms. The van der Waals surface area contributed by atoms with Crippen LogP contribution >= 0.6 is 11.3 Å². The average molecular weight is 219 g/mol. The third kappa shape index (κ3) is 2.08. The normalized spacial score (nSPS) is 12.7. The molecule has 78 valence electrons. The van der Waals surface area contributed by atoms with Gasteiger partial charge in [0.2, 0.25) is 0 Å². The van der Waals surface area contributed by atoms with E-state index in [1.54, 1.807) is 11.7 Å². The predicted octanol–water partition coefficient (Wildman–Crippen LogP) is 2.84. The Morgan fingerprint density at radius 2 is 2.13 bits per heavy atom. The van der Waals surface area contributed by atoms with E-state index in [0.717, 1.165) is 16.0 Å². The summed E-state index contributed by atoms with van der Waals surface area (Å²) >= 11 is 1.48. The van der Waals surface area contributed by atoms with E-state index in [-0.39, 0.29) is 0 Å². The number of aromatic nitrogens is 1. The van der Waals surface area contributed by atoms with E-state index in [9.17, 15) is 5.11 Å². The van der Waals surface area contributed by atoms with Crippen LogP contribution in [0.25, 0.3) is 0 Å². The Morgan fingerprint density at radius 1 is 1.33 bits per heavy atom. The van der Waals surface area contributed by atoms with Crippen LogP contribution in [0, 0.1) is 13.8 Å². The fourth-order valence-corrected chi connectivity index (χ4v) is 2.19. The Morgan fingerprint density at radius 3 is 2.80 bits per heavy atom. The van der Waals surface area contributed by atoms with Crippen molar-refractivity contribution in [2.24, 2.45) is 0 Å². The molecule has 0 aliphatic rings. The molecule has 0 aliphatic carbocycles. The van der Waals surface area contributed by atoms with Gasteiger partial charge in [-0.1, -0.05) is 23.8 Å². The molecule has 0 bridgehead atoms. The molecule has 2 nitrogen and oxygen atoms in total. The van der Waals surface area contributed by atoms with E-state index >= 15 is 0 Å². The standard InChI is InChI=1S/C12H13NOS/c1-8-3-4-9(2)10(5-8)12(14)11-6-13-7-15-11/h3-7,12,14H,1-2H3. The smallest absolute Gasteiger partial charge is 0.115 e. The number of nitrogens with zero attached hydrogens (tertiary/aromatic N) is 1. The number of hydrogen-bond acceptors (Lipinski definition) is 3. The zero-order valence-corrected chi connectivity index (χ0v) is 9.58. The van der Waals surface area contributed by atoms with Crippen LogP contribution in [0.4, 0.5) is 0 Å². The molecule has 0 saturated heterocycles. The minimum Gasteiger partial charge on any atom is -0.383 e. The lowest BCUT2D eigenvalue weighted by Crippen LogP contribution is -2.00. The largest absolute Gasteiger partial charge is 0.383 e. The molecule has 1 N–H and O–H groups in total. The maximum Gasteiger partial charge on any atom is 0.115 e. The second-order valence-corrected chi connectivity index (χ2v) is 4.58. The number of aliphatic hydroxyl groups is 1. The van der Waals surface area contributed by atoms with E-state index in [0.29, 0.717) is 0 Å². The first kappa shape index (κ1) is 10.3. The van der Waals surface area contributed by atoms with Crippen molar-refractivity contribution in [3.8, 4) is 0 Å². The van der Waals surface area contributed by atoms with Gasteiger partial charge in [-0.15, -0.1) is 11.3 Å². The van der Waals surface area contributed by atoms with Crippen molar-refractivity contribution in [2.75, 3.05) is 0 Å². The molecule has 3 heteroatoms. The second kappa shape index (κ2) is 4.13. The monoisotopic (exact) mass is 219 g/mol. The molecule has 1 heterocycles. The van der Waals surface area contributed by atoms with Crippen LogP contribution in [0.3, 0.4) is 0 Å². The van der Waals surface area contributed by atoms with Gasteiger partial charge in [0.15, 0.2) is 0 Å². The molecule has 0 amide bonds. The van der Waals surface area contributed by atoms with Gasteiger partial charge in [0.05, 0.1) is 10.4 Å². The first-order chi connectivity index (χ1) is 7.18. The lowest BCUT2D eigenvalue weighted by molar-refractivity contribution is 0.223. The van der Waals surface area contributed by atoms with Gasteiger partial charge in [0.1, 0.15) is 6.10 Å². The highest BCUT2D eigenvalue weighted by Crippen LogP contribution is 2.27. The first-order valence-electron chi connectivity index (χ1n) is 4.82. The summed E-state index contributed by atoms with van der Waals surface area (Å²) in [6, 6.07) is 6.12. The van der Waals surface area contributed by atoms with E-state index < -0.39 is 6.10 Å². The maximum absolute atomic E-state index is 10.2. The number of benzene rings is 1. The summed E-state index contributed by atoms with van der Waals surface area (Å²) in [5.74, 6) is 0. The van der Waals surface area contributed by atoms with Gasteiger partial charge in [-0.25, -0.2) is 0 Å². The van der Waals surface area contributed by atoms with Crippen LogP contribution in [-0.2, 0) is 0 Å². The van der Waals surface area contributed by atoms with Crippen LogP contribution in [0.1, 0.15) is 27.7 Å². The van der Waals surface area contributed by atoms with Crippen molar-refractivity contribution < 1.29 is 5.11 Å². The Kier molecular flexibility index (Phi) is 2.84. The van der Waals surface area contributed by atoms with Gasteiger partial charge in [-0.2, -0.15) is 0 Å². The van der Waals surface area contributed by atoms with Crippen LogP contribution < -0.4 is 0 Å². The van der Waals surface area contributed by atoms with Crippen LogP contribution in [0.5, 0.6) is 0 Å². The molecule has 0 spiro atoms. The van der Waals surface area contributed by atoms with E-state index in [1.807, 2.05) is 26.0 Å². The van der Waals surface area contributed by atoms with Crippen LogP contribution in [0.2, 0.25) is 0 Å². The molecular formula is C12H13NOS. The summed E-state index contributed by atoms with van der Waals surface area (Å²) in [6.45, 7) is 4.04. The van der Waals surface area contributed by atoms with Crippen LogP contribution in [0.15, 0.2) is 29.9 Å². The topological polar surface area (TPSA) is 33.1 Å². The third-order valence-corrected chi connectivity index (χ3v) is 3.28. The SMILES string of the molecule is Cc1ccc(C)c(C(O)c2cncs2)c1. The molecule has 0 radical (unpaired) electrons. The molecule has 1 aromatic heterocycles. The molecule has 2 rings (SSSR count). The Bertz CT molecular complexity index is 451. The van der Waals surface area contributed by atoms with Gasteiger partial charge < -0.3 is 5.11 Å². The highest BCUT2D eigenvalue weighted by atomic mass is 32.1. The summed E-state index contributed by atoms with van der Waals surface area (Å²) in [7, 11) is 0. The Hall–Kier alpha value is -1.19. The summed E-state index contributed by atoms with van der Waals surface area (Å²) in [6.07, 6.45) is 1.18. The zero-order chi connectivity index (χ0) is 10.8. The second-order valence-electron chi connectivity index (χ2n) is 3.67. The number of rotatable bonds is 2. The number of thiazole rings is 1. The van der Waals surface area contributed by atoms with Gasteiger partial charge in [-0.05, 0) is 25.0 Å². The van der Waals surface area contributed by atoms with Crippen molar-refractivity contribution in [3.63, 3.8) is 0 Å².